The molecule has 0 atom stereocenters. The topological polar surface area (TPSA) is 96.8 Å². The molecule has 0 aliphatic rings. The molecule has 0 aromatic rings. The average Bonchev–Trinajstić information content (AvgIpc) is 1.97. The number of rotatable bonds is 6. The molecule has 0 bridgehead atoms. The Kier molecular flexibility index (Phi) is 8.44. The Morgan fingerprint density at radius 3 is 2.50 bits per heavy atom. The predicted octanol–water partition coefficient (Wildman–Crippen LogP) is 0.564. The van der Waals surface area contributed by atoms with Gasteiger partial charge in [0, 0.05) is 0 Å². The van der Waals surface area contributed by atoms with E-state index in [1.165, 1.54) is 6.08 Å². The fraction of sp³-hybridized carbons (Fsp3) is 0.600. The lowest BCUT2D eigenvalue weighted by atomic mass is 10.7. The molecule has 0 fully saturated rings. The molecule has 0 saturated heterocycles. The maximum Gasteiger partial charge on any atom is 0.426 e. The summed E-state index contributed by atoms with van der Waals surface area (Å²) in [7, 11) is -4.00. The van der Waals surface area contributed by atoms with Crippen LogP contribution < -0.4 is 6.15 Å². The minimum Gasteiger partial charge on any atom is -0.344 e. The zero-order valence-corrected chi connectivity index (χ0v) is 7.67. The van der Waals surface area contributed by atoms with Gasteiger partial charge in [0.15, 0.2) is 0 Å². The molecule has 0 amide bonds. The third kappa shape index (κ3) is 7.63. The zero-order valence-electron chi connectivity index (χ0n) is 6.86. The van der Waals surface area contributed by atoms with Gasteiger partial charge in [-0.3, -0.25) is 0 Å². The summed E-state index contributed by atoms with van der Waals surface area (Å²) in [5.41, 5.74) is 0. The average molecular weight is 199 g/mol. The Morgan fingerprint density at radius 1 is 1.50 bits per heavy atom. The smallest absolute Gasteiger partial charge is 0.344 e. The Labute approximate surface area is 72.0 Å². The highest BCUT2D eigenvalue weighted by molar-refractivity contribution is 7.81. The molecule has 7 heteroatoms. The van der Waals surface area contributed by atoms with E-state index < -0.39 is 10.4 Å². The van der Waals surface area contributed by atoms with Crippen LogP contribution in [0.25, 0.3) is 0 Å². The van der Waals surface area contributed by atoms with Crippen molar-refractivity contribution < 1.29 is 21.8 Å². The second-order valence-corrected chi connectivity index (χ2v) is 2.64. The van der Waals surface area contributed by atoms with Crippen LogP contribution in [0.1, 0.15) is 6.92 Å². The van der Waals surface area contributed by atoms with Crippen molar-refractivity contribution >= 4 is 10.4 Å². The highest BCUT2D eigenvalue weighted by atomic mass is 32.3. The van der Waals surface area contributed by atoms with E-state index >= 15 is 0 Å². The van der Waals surface area contributed by atoms with Crippen molar-refractivity contribution in [3.05, 3.63) is 12.7 Å². The van der Waals surface area contributed by atoms with Crippen molar-refractivity contribution in [1.82, 2.24) is 6.15 Å². The molecule has 0 saturated carbocycles. The van der Waals surface area contributed by atoms with E-state index in [9.17, 15) is 8.42 Å². The van der Waals surface area contributed by atoms with E-state index in [4.69, 9.17) is 0 Å². The molecule has 12 heavy (non-hydrogen) atoms. The molecule has 0 spiro atoms. The first kappa shape index (κ1) is 14.1. The molecular weight excluding hydrogens is 186 g/mol. The number of hydrogen-bond donors (Lipinski definition) is 1. The quantitative estimate of drug-likeness (QED) is 0.381. The van der Waals surface area contributed by atoms with Gasteiger partial charge >= 0.3 is 10.4 Å². The molecule has 0 aliphatic carbocycles. The molecule has 0 heterocycles. The van der Waals surface area contributed by atoms with Gasteiger partial charge in [-0.1, -0.05) is 10.4 Å². The molecule has 3 N–H and O–H groups in total. The van der Waals surface area contributed by atoms with Crippen LogP contribution in [0.4, 0.5) is 0 Å². The van der Waals surface area contributed by atoms with Gasteiger partial charge in [0.25, 0.3) is 0 Å². The summed E-state index contributed by atoms with van der Waals surface area (Å²) in [6.45, 7) is 4.85. The fourth-order valence-electron chi connectivity index (χ4n) is 0.258. The molecule has 74 valence electrons. The summed E-state index contributed by atoms with van der Waals surface area (Å²) in [6, 6.07) is 0. The first-order valence-corrected chi connectivity index (χ1v) is 4.27. The summed E-state index contributed by atoms with van der Waals surface area (Å²) in [5, 5.41) is 0. The molecule has 0 aromatic carbocycles. The second-order valence-electron chi connectivity index (χ2n) is 1.46. The molecule has 0 radical (unpaired) electrons. The van der Waals surface area contributed by atoms with E-state index in [0.717, 1.165) is 0 Å². The predicted molar refractivity (Wildman–Crippen MR) is 42.8 cm³/mol. The Morgan fingerprint density at radius 2 is 2.08 bits per heavy atom. The lowest BCUT2D eigenvalue weighted by Crippen LogP contribution is -2.10. The standard InChI is InChI=1S/C5H10O5S.H3N/c1-3-5-9-11(6,7)10-8-4-2;/h3H,1,4-5H2,2H3;1H3. The van der Waals surface area contributed by atoms with Crippen LogP contribution in [0.2, 0.25) is 0 Å². The molecule has 0 aliphatic heterocycles. The first-order valence-electron chi connectivity index (χ1n) is 2.93. The van der Waals surface area contributed by atoms with Crippen molar-refractivity contribution in [2.45, 2.75) is 6.92 Å². The maximum absolute atomic E-state index is 10.5. The number of hydrogen-bond acceptors (Lipinski definition) is 6. The van der Waals surface area contributed by atoms with Gasteiger partial charge in [-0.15, -0.1) is 6.58 Å². The lowest BCUT2D eigenvalue weighted by molar-refractivity contribution is -0.204. The van der Waals surface area contributed by atoms with Crippen molar-refractivity contribution in [1.29, 1.82) is 0 Å². The summed E-state index contributed by atoms with van der Waals surface area (Å²) < 4.78 is 29.1. The van der Waals surface area contributed by atoms with Crippen LogP contribution in [-0.2, 0) is 23.8 Å². The van der Waals surface area contributed by atoms with Gasteiger partial charge in [-0.25, -0.2) is 9.07 Å². The van der Waals surface area contributed by atoms with Crippen LogP contribution in [0.3, 0.4) is 0 Å². The second kappa shape index (κ2) is 7.19. The van der Waals surface area contributed by atoms with Gasteiger partial charge in [0.2, 0.25) is 0 Å². The maximum atomic E-state index is 10.5. The Bertz CT molecular complexity index is 200. The highest BCUT2D eigenvalue weighted by Gasteiger charge is 2.10. The molecule has 0 aromatic heterocycles. The molecule has 0 unspecified atom stereocenters. The molecule has 6 nitrogen and oxygen atoms in total. The largest absolute Gasteiger partial charge is 0.426 e. The zero-order chi connectivity index (χ0) is 8.74. The summed E-state index contributed by atoms with van der Waals surface area (Å²) in [5.74, 6) is 0. The molecular formula is C5H13NO5S. The monoisotopic (exact) mass is 199 g/mol. The van der Waals surface area contributed by atoms with E-state index in [2.05, 4.69) is 20.0 Å². The fourth-order valence-corrected chi connectivity index (χ4v) is 0.774. The normalized spacial score (nSPS) is 10.4. The van der Waals surface area contributed by atoms with E-state index in [1.807, 2.05) is 0 Å². The summed E-state index contributed by atoms with van der Waals surface area (Å²) in [4.78, 5) is 4.15. The first-order chi connectivity index (χ1) is 5.12. The van der Waals surface area contributed by atoms with E-state index in [-0.39, 0.29) is 19.4 Å². The van der Waals surface area contributed by atoms with Crippen molar-refractivity contribution in [2.75, 3.05) is 13.2 Å². The van der Waals surface area contributed by atoms with Crippen LogP contribution in [0.15, 0.2) is 12.7 Å². The van der Waals surface area contributed by atoms with Crippen LogP contribution in [0, 0.1) is 0 Å². The SMILES string of the molecule is C=CCOS(=O)(=O)OOCC.N. The van der Waals surface area contributed by atoms with Gasteiger partial charge in [0.1, 0.15) is 0 Å². The molecule has 0 rings (SSSR count). The van der Waals surface area contributed by atoms with Gasteiger partial charge in [-0.2, -0.15) is 8.42 Å². The van der Waals surface area contributed by atoms with Gasteiger partial charge < -0.3 is 6.15 Å². The summed E-state index contributed by atoms with van der Waals surface area (Å²) >= 11 is 0. The summed E-state index contributed by atoms with van der Waals surface area (Å²) in [6.07, 6.45) is 1.28. The third-order valence-electron chi connectivity index (χ3n) is 0.580. The minimum atomic E-state index is -4.00. The van der Waals surface area contributed by atoms with Crippen LogP contribution in [-0.4, -0.2) is 21.6 Å². The van der Waals surface area contributed by atoms with Gasteiger partial charge in [0.05, 0.1) is 13.2 Å². The van der Waals surface area contributed by atoms with Crippen LogP contribution >= 0.6 is 0 Å². The lowest BCUT2D eigenvalue weighted by Gasteiger charge is -2.00. The third-order valence-corrected chi connectivity index (χ3v) is 1.27. The van der Waals surface area contributed by atoms with E-state index in [0.29, 0.717) is 0 Å². The van der Waals surface area contributed by atoms with Crippen LogP contribution in [0.5, 0.6) is 0 Å². The Balaban J connectivity index is 0. The highest BCUT2D eigenvalue weighted by Crippen LogP contribution is 1.95. The van der Waals surface area contributed by atoms with Crippen molar-refractivity contribution in [3.8, 4) is 0 Å². The van der Waals surface area contributed by atoms with Crippen molar-refractivity contribution in [2.24, 2.45) is 0 Å². The van der Waals surface area contributed by atoms with Gasteiger partial charge in [-0.05, 0) is 6.92 Å². The Hall–Kier alpha value is -0.470. The van der Waals surface area contributed by atoms with E-state index in [1.54, 1.807) is 6.92 Å². The minimum absolute atomic E-state index is 0. The van der Waals surface area contributed by atoms with Crippen molar-refractivity contribution in [3.63, 3.8) is 0 Å².